The number of likely N-dealkylation sites (N-methyl/N-ethyl adjacent to an activating group) is 1. The van der Waals surface area contributed by atoms with Crippen molar-refractivity contribution < 1.29 is 0 Å². The van der Waals surface area contributed by atoms with Crippen molar-refractivity contribution in [2.75, 3.05) is 6.54 Å². The third-order valence-corrected chi connectivity index (χ3v) is 4.04. The zero-order valence-corrected chi connectivity index (χ0v) is 14.8. The van der Waals surface area contributed by atoms with E-state index in [-0.39, 0.29) is 6.04 Å². The van der Waals surface area contributed by atoms with Crippen LogP contribution in [0.3, 0.4) is 0 Å². The molecule has 2 nitrogen and oxygen atoms in total. The number of rotatable bonds is 5. The Morgan fingerprint density at radius 2 is 1.85 bits per heavy atom. The Morgan fingerprint density at radius 1 is 1.15 bits per heavy atom. The van der Waals surface area contributed by atoms with Crippen molar-refractivity contribution in [1.82, 2.24) is 10.3 Å². The van der Waals surface area contributed by atoms with Gasteiger partial charge in [0.15, 0.2) is 0 Å². The van der Waals surface area contributed by atoms with Gasteiger partial charge in [-0.3, -0.25) is 4.98 Å². The Hall–Kier alpha value is -0.710. The quantitative estimate of drug-likeness (QED) is 0.782. The second kappa shape index (κ2) is 7.34. The SMILES string of the molecule is CCNC(Cc1ccc(C)cn1)c1cc(Br)cc(Br)c1. The summed E-state index contributed by atoms with van der Waals surface area (Å²) in [5.74, 6) is 0. The van der Waals surface area contributed by atoms with Gasteiger partial charge in [-0.25, -0.2) is 0 Å². The molecule has 2 aromatic rings. The molecule has 0 radical (unpaired) electrons. The van der Waals surface area contributed by atoms with E-state index in [1.807, 2.05) is 6.20 Å². The van der Waals surface area contributed by atoms with Crippen LogP contribution in [0.4, 0.5) is 0 Å². The van der Waals surface area contributed by atoms with Gasteiger partial charge in [-0.05, 0) is 48.9 Å². The predicted molar refractivity (Wildman–Crippen MR) is 90.9 cm³/mol. The molecule has 0 spiro atoms. The number of halogens is 2. The molecular weight excluding hydrogens is 380 g/mol. The highest BCUT2D eigenvalue weighted by Crippen LogP contribution is 2.26. The summed E-state index contributed by atoms with van der Waals surface area (Å²) in [6.45, 7) is 5.12. The molecule has 106 valence electrons. The third kappa shape index (κ3) is 4.40. The average Bonchev–Trinajstić information content (AvgIpc) is 2.39. The molecule has 0 saturated heterocycles. The minimum Gasteiger partial charge on any atom is -0.310 e. The lowest BCUT2D eigenvalue weighted by Crippen LogP contribution is -2.23. The highest BCUT2D eigenvalue weighted by molar-refractivity contribution is 9.11. The van der Waals surface area contributed by atoms with Gasteiger partial charge in [-0.1, -0.05) is 44.8 Å². The van der Waals surface area contributed by atoms with E-state index in [2.05, 4.69) is 86.3 Å². The first-order chi connectivity index (χ1) is 9.58. The average molecular weight is 398 g/mol. The molecule has 1 aromatic carbocycles. The maximum Gasteiger partial charge on any atom is 0.0422 e. The van der Waals surface area contributed by atoms with Crippen LogP contribution in [0.15, 0.2) is 45.5 Å². The van der Waals surface area contributed by atoms with Crippen LogP contribution in [0.2, 0.25) is 0 Å². The van der Waals surface area contributed by atoms with Gasteiger partial charge < -0.3 is 5.32 Å². The number of pyridine rings is 1. The first kappa shape index (κ1) is 15.7. The molecule has 0 saturated carbocycles. The third-order valence-electron chi connectivity index (χ3n) is 3.12. The Morgan fingerprint density at radius 3 is 2.40 bits per heavy atom. The first-order valence-corrected chi connectivity index (χ1v) is 8.28. The zero-order valence-electron chi connectivity index (χ0n) is 11.7. The molecule has 1 atom stereocenters. The minimum atomic E-state index is 0.268. The predicted octanol–water partition coefficient (Wildman–Crippen LogP) is 4.81. The molecule has 1 aromatic heterocycles. The van der Waals surface area contributed by atoms with Gasteiger partial charge in [0.2, 0.25) is 0 Å². The molecule has 4 heteroatoms. The van der Waals surface area contributed by atoms with E-state index in [1.54, 1.807) is 0 Å². The van der Waals surface area contributed by atoms with Gasteiger partial charge in [0, 0.05) is 33.3 Å². The Labute approximate surface area is 137 Å². The molecule has 0 aliphatic carbocycles. The number of nitrogens with one attached hydrogen (secondary N) is 1. The molecule has 1 unspecified atom stereocenters. The molecule has 0 amide bonds. The van der Waals surface area contributed by atoms with Crippen LogP contribution >= 0.6 is 31.9 Å². The molecule has 0 aliphatic heterocycles. The molecular formula is C16H18Br2N2. The van der Waals surface area contributed by atoms with Crippen LogP contribution in [0, 0.1) is 6.92 Å². The van der Waals surface area contributed by atoms with Crippen molar-refractivity contribution in [3.05, 3.63) is 62.3 Å². The number of hydrogen-bond acceptors (Lipinski definition) is 2. The van der Waals surface area contributed by atoms with Gasteiger partial charge >= 0.3 is 0 Å². The molecule has 1 heterocycles. The van der Waals surface area contributed by atoms with Gasteiger partial charge in [0.05, 0.1) is 0 Å². The number of benzene rings is 1. The minimum absolute atomic E-state index is 0.268. The van der Waals surface area contributed by atoms with E-state index in [1.165, 1.54) is 11.1 Å². The standard InChI is InChI=1S/C16H18Br2N2/c1-3-19-16(9-15-5-4-11(2)10-20-15)12-6-13(17)8-14(18)7-12/h4-8,10,16,19H,3,9H2,1-2H3. The molecule has 2 rings (SSSR count). The topological polar surface area (TPSA) is 24.9 Å². The second-order valence-electron chi connectivity index (χ2n) is 4.84. The Bertz CT molecular complexity index is 547. The number of aryl methyl sites for hydroxylation is 1. The van der Waals surface area contributed by atoms with E-state index in [4.69, 9.17) is 0 Å². The fourth-order valence-electron chi connectivity index (χ4n) is 2.16. The van der Waals surface area contributed by atoms with Gasteiger partial charge in [-0.2, -0.15) is 0 Å². The molecule has 0 aliphatic rings. The number of nitrogens with zero attached hydrogens (tertiary/aromatic N) is 1. The zero-order chi connectivity index (χ0) is 14.5. The summed E-state index contributed by atoms with van der Waals surface area (Å²) in [5, 5.41) is 3.53. The van der Waals surface area contributed by atoms with Crippen molar-refractivity contribution in [2.45, 2.75) is 26.3 Å². The van der Waals surface area contributed by atoms with Crippen LogP contribution in [-0.4, -0.2) is 11.5 Å². The Balaban J connectivity index is 2.23. The summed E-state index contributed by atoms with van der Waals surface area (Å²) in [6, 6.07) is 10.9. The number of hydrogen-bond donors (Lipinski definition) is 1. The summed E-state index contributed by atoms with van der Waals surface area (Å²) < 4.78 is 2.17. The van der Waals surface area contributed by atoms with Gasteiger partial charge in [0.1, 0.15) is 0 Å². The van der Waals surface area contributed by atoms with E-state index >= 15 is 0 Å². The maximum absolute atomic E-state index is 4.51. The lowest BCUT2D eigenvalue weighted by atomic mass is 10.0. The van der Waals surface area contributed by atoms with Crippen LogP contribution in [-0.2, 0) is 6.42 Å². The van der Waals surface area contributed by atoms with E-state index in [0.29, 0.717) is 0 Å². The van der Waals surface area contributed by atoms with E-state index in [0.717, 1.165) is 27.6 Å². The van der Waals surface area contributed by atoms with E-state index in [9.17, 15) is 0 Å². The molecule has 0 fully saturated rings. The fourth-order valence-corrected chi connectivity index (χ4v) is 3.49. The number of aromatic nitrogens is 1. The summed E-state index contributed by atoms with van der Waals surface area (Å²) in [5.41, 5.74) is 3.56. The summed E-state index contributed by atoms with van der Waals surface area (Å²) in [6.07, 6.45) is 2.81. The highest BCUT2D eigenvalue weighted by Gasteiger charge is 2.13. The van der Waals surface area contributed by atoms with Crippen LogP contribution in [0.5, 0.6) is 0 Å². The van der Waals surface area contributed by atoms with Crippen LogP contribution in [0.1, 0.15) is 29.8 Å². The van der Waals surface area contributed by atoms with Gasteiger partial charge in [0.25, 0.3) is 0 Å². The van der Waals surface area contributed by atoms with Crippen molar-refractivity contribution in [3.63, 3.8) is 0 Å². The van der Waals surface area contributed by atoms with Gasteiger partial charge in [-0.15, -0.1) is 0 Å². The largest absolute Gasteiger partial charge is 0.310 e. The van der Waals surface area contributed by atoms with E-state index < -0.39 is 0 Å². The monoisotopic (exact) mass is 396 g/mol. The van der Waals surface area contributed by atoms with Crippen molar-refractivity contribution in [1.29, 1.82) is 0 Å². The fraction of sp³-hybridized carbons (Fsp3) is 0.312. The van der Waals surface area contributed by atoms with Crippen molar-refractivity contribution >= 4 is 31.9 Å². The summed E-state index contributed by atoms with van der Waals surface area (Å²) >= 11 is 7.11. The van der Waals surface area contributed by atoms with Crippen LogP contribution < -0.4 is 5.32 Å². The molecule has 1 N–H and O–H groups in total. The normalized spacial score (nSPS) is 12.4. The maximum atomic E-state index is 4.51. The first-order valence-electron chi connectivity index (χ1n) is 6.69. The van der Waals surface area contributed by atoms with Crippen molar-refractivity contribution in [2.24, 2.45) is 0 Å². The Kier molecular flexibility index (Phi) is 5.75. The second-order valence-corrected chi connectivity index (χ2v) is 6.68. The summed E-state index contributed by atoms with van der Waals surface area (Å²) in [7, 11) is 0. The lowest BCUT2D eigenvalue weighted by molar-refractivity contribution is 0.543. The highest BCUT2D eigenvalue weighted by atomic mass is 79.9. The smallest absolute Gasteiger partial charge is 0.0422 e. The molecule has 20 heavy (non-hydrogen) atoms. The lowest BCUT2D eigenvalue weighted by Gasteiger charge is -2.19. The summed E-state index contributed by atoms with van der Waals surface area (Å²) in [4.78, 5) is 4.51. The van der Waals surface area contributed by atoms with Crippen molar-refractivity contribution in [3.8, 4) is 0 Å². The molecule has 0 bridgehead atoms. The van der Waals surface area contributed by atoms with Crippen LogP contribution in [0.25, 0.3) is 0 Å².